The third-order valence-corrected chi connectivity index (χ3v) is 6.01. The standard InChI is InChI=1S/C22H19N3O2S2/c1-2-27-17-8-10-19-20(14-17)29-22(24-19)25(15-16-6-3-4-12-23-16)21(26)11-9-18-7-5-13-28-18/h3-14H,2,15H2,1H3/b11-9+. The van der Waals surface area contributed by atoms with E-state index in [1.807, 2.05) is 66.9 Å². The van der Waals surface area contributed by atoms with E-state index in [0.717, 1.165) is 26.5 Å². The van der Waals surface area contributed by atoms with E-state index in [0.29, 0.717) is 18.3 Å². The van der Waals surface area contributed by atoms with Crippen LogP contribution in [0.4, 0.5) is 5.13 Å². The highest BCUT2D eigenvalue weighted by atomic mass is 32.1. The first-order valence-corrected chi connectivity index (χ1v) is 10.9. The van der Waals surface area contributed by atoms with E-state index >= 15 is 0 Å². The van der Waals surface area contributed by atoms with E-state index in [4.69, 9.17) is 4.74 Å². The second-order valence-electron chi connectivity index (χ2n) is 6.15. The van der Waals surface area contributed by atoms with Crippen LogP contribution in [0.1, 0.15) is 17.5 Å². The van der Waals surface area contributed by atoms with Crippen molar-refractivity contribution < 1.29 is 9.53 Å². The van der Waals surface area contributed by atoms with Crippen molar-refractivity contribution in [2.24, 2.45) is 0 Å². The van der Waals surface area contributed by atoms with Crippen molar-refractivity contribution in [2.75, 3.05) is 11.5 Å². The van der Waals surface area contributed by atoms with Gasteiger partial charge in [-0.15, -0.1) is 11.3 Å². The number of amides is 1. The van der Waals surface area contributed by atoms with Crippen molar-refractivity contribution in [1.29, 1.82) is 0 Å². The predicted molar refractivity (Wildman–Crippen MR) is 120 cm³/mol. The van der Waals surface area contributed by atoms with Crippen LogP contribution >= 0.6 is 22.7 Å². The Labute approximate surface area is 176 Å². The van der Waals surface area contributed by atoms with Gasteiger partial charge in [-0.3, -0.25) is 14.7 Å². The molecule has 0 aliphatic heterocycles. The number of nitrogens with zero attached hydrogens (tertiary/aromatic N) is 3. The molecule has 4 aromatic rings. The monoisotopic (exact) mass is 421 g/mol. The van der Waals surface area contributed by atoms with E-state index in [-0.39, 0.29) is 5.91 Å². The topological polar surface area (TPSA) is 55.3 Å². The van der Waals surface area contributed by atoms with Gasteiger partial charge in [-0.2, -0.15) is 0 Å². The fourth-order valence-electron chi connectivity index (χ4n) is 2.79. The molecule has 3 aromatic heterocycles. The Bertz CT molecular complexity index is 1120. The SMILES string of the molecule is CCOc1ccc2nc(N(Cc3ccccn3)C(=O)/C=C/c3cccs3)sc2c1. The Kier molecular flexibility index (Phi) is 5.97. The zero-order chi connectivity index (χ0) is 20.1. The van der Waals surface area contributed by atoms with Gasteiger partial charge in [-0.25, -0.2) is 4.98 Å². The summed E-state index contributed by atoms with van der Waals surface area (Å²) in [6, 6.07) is 15.4. The van der Waals surface area contributed by atoms with E-state index in [1.165, 1.54) is 11.3 Å². The van der Waals surface area contributed by atoms with E-state index < -0.39 is 0 Å². The van der Waals surface area contributed by atoms with Crippen molar-refractivity contribution in [3.63, 3.8) is 0 Å². The molecular formula is C22H19N3O2S2. The number of hydrogen-bond donors (Lipinski definition) is 0. The zero-order valence-corrected chi connectivity index (χ0v) is 17.5. The lowest BCUT2D eigenvalue weighted by Gasteiger charge is -2.17. The Hall–Kier alpha value is -3.03. The number of benzene rings is 1. The van der Waals surface area contributed by atoms with Crippen molar-refractivity contribution in [1.82, 2.24) is 9.97 Å². The number of pyridine rings is 1. The van der Waals surface area contributed by atoms with Crippen LogP contribution in [-0.4, -0.2) is 22.5 Å². The van der Waals surface area contributed by atoms with Gasteiger partial charge in [-0.05, 0) is 54.8 Å². The maximum absolute atomic E-state index is 13.0. The number of carbonyl (C=O) groups excluding carboxylic acids is 1. The molecule has 146 valence electrons. The van der Waals surface area contributed by atoms with Gasteiger partial charge in [-0.1, -0.05) is 23.5 Å². The normalized spacial score (nSPS) is 11.2. The number of thiophene rings is 1. The molecule has 29 heavy (non-hydrogen) atoms. The van der Waals surface area contributed by atoms with Crippen molar-refractivity contribution in [2.45, 2.75) is 13.5 Å². The molecule has 0 aliphatic carbocycles. The summed E-state index contributed by atoms with van der Waals surface area (Å²) < 4.78 is 6.56. The molecule has 0 bridgehead atoms. The Morgan fingerprint density at radius 1 is 1.21 bits per heavy atom. The molecule has 0 atom stereocenters. The van der Waals surface area contributed by atoms with Crippen molar-refractivity contribution in [3.05, 3.63) is 76.8 Å². The molecule has 7 heteroatoms. The fourth-order valence-corrected chi connectivity index (χ4v) is 4.40. The molecule has 1 aromatic carbocycles. The van der Waals surface area contributed by atoms with Crippen molar-refractivity contribution >= 4 is 50.0 Å². The molecule has 4 rings (SSSR count). The zero-order valence-electron chi connectivity index (χ0n) is 15.8. The van der Waals surface area contributed by atoms with Crippen LogP contribution in [0.3, 0.4) is 0 Å². The van der Waals surface area contributed by atoms with Gasteiger partial charge < -0.3 is 4.74 Å². The molecule has 0 saturated heterocycles. The Morgan fingerprint density at radius 3 is 2.90 bits per heavy atom. The van der Waals surface area contributed by atoms with Gasteiger partial charge in [0.1, 0.15) is 5.75 Å². The molecule has 0 spiro atoms. The minimum absolute atomic E-state index is 0.131. The fraction of sp³-hybridized carbons (Fsp3) is 0.136. The smallest absolute Gasteiger partial charge is 0.253 e. The lowest BCUT2D eigenvalue weighted by molar-refractivity contribution is -0.114. The molecule has 5 nitrogen and oxygen atoms in total. The van der Waals surface area contributed by atoms with E-state index in [9.17, 15) is 4.79 Å². The summed E-state index contributed by atoms with van der Waals surface area (Å²) in [4.78, 5) is 24.8. The Morgan fingerprint density at radius 2 is 2.14 bits per heavy atom. The van der Waals surface area contributed by atoms with Gasteiger partial charge >= 0.3 is 0 Å². The van der Waals surface area contributed by atoms with Crippen LogP contribution in [-0.2, 0) is 11.3 Å². The quantitative estimate of drug-likeness (QED) is 0.375. The average Bonchev–Trinajstić information content (AvgIpc) is 3.40. The van der Waals surface area contributed by atoms with Crippen LogP contribution in [0.25, 0.3) is 16.3 Å². The molecule has 0 unspecified atom stereocenters. The third-order valence-electron chi connectivity index (χ3n) is 4.14. The van der Waals surface area contributed by atoms with Crippen LogP contribution < -0.4 is 9.64 Å². The summed E-state index contributed by atoms with van der Waals surface area (Å²) >= 11 is 3.06. The summed E-state index contributed by atoms with van der Waals surface area (Å²) in [7, 11) is 0. The molecule has 0 radical (unpaired) electrons. The summed E-state index contributed by atoms with van der Waals surface area (Å²) in [6.45, 7) is 2.91. The third kappa shape index (κ3) is 4.70. The number of hydrogen-bond acceptors (Lipinski definition) is 6. The minimum Gasteiger partial charge on any atom is -0.494 e. The summed E-state index contributed by atoms with van der Waals surface area (Å²) in [5, 5.41) is 2.62. The summed E-state index contributed by atoms with van der Waals surface area (Å²) in [6.07, 6.45) is 5.15. The van der Waals surface area contributed by atoms with E-state index in [2.05, 4.69) is 9.97 Å². The molecule has 0 fully saturated rings. The lowest BCUT2D eigenvalue weighted by Crippen LogP contribution is -2.28. The van der Waals surface area contributed by atoms with Crippen LogP contribution in [0.15, 0.2) is 66.2 Å². The number of fused-ring (bicyclic) bond motifs is 1. The number of thiazole rings is 1. The summed E-state index contributed by atoms with van der Waals surface area (Å²) in [5.41, 5.74) is 1.65. The van der Waals surface area contributed by atoms with Gasteiger partial charge in [0.25, 0.3) is 5.91 Å². The second-order valence-corrected chi connectivity index (χ2v) is 8.14. The number of rotatable bonds is 7. The van der Waals surface area contributed by atoms with Gasteiger partial charge in [0.2, 0.25) is 0 Å². The minimum atomic E-state index is -0.131. The number of aromatic nitrogens is 2. The highest BCUT2D eigenvalue weighted by Gasteiger charge is 2.19. The van der Waals surface area contributed by atoms with Crippen LogP contribution in [0.5, 0.6) is 5.75 Å². The first kappa shape index (κ1) is 19.3. The maximum Gasteiger partial charge on any atom is 0.253 e. The number of carbonyl (C=O) groups is 1. The van der Waals surface area contributed by atoms with Crippen LogP contribution in [0.2, 0.25) is 0 Å². The molecule has 0 saturated carbocycles. The largest absolute Gasteiger partial charge is 0.494 e. The average molecular weight is 422 g/mol. The lowest BCUT2D eigenvalue weighted by atomic mass is 10.3. The number of ether oxygens (including phenoxy) is 1. The molecule has 1 amide bonds. The maximum atomic E-state index is 13.0. The second kappa shape index (κ2) is 8.98. The first-order chi connectivity index (χ1) is 14.2. The summed E-state index contributed by atoms with van der Waals surface area (Å²) in [5.74, 6) is 0.670. The molecule has 3 heterocycles. The highest BCUT2D eigenvalue weighted by molar-refractivity contribution is 7.22. The highest BCUT2D eigenvalue weighted by Crippen LogP contribution is 2.32. The van der Waals surface area contributed by atoms with Gasteiger partial charge in [0.05, 0.1) is 29.1 Å². The van der Waals surface area contributed by atoms with E-state index in [1.54, 1.807) is 28.5 Å². The van der Waals surface area contributed by atoms with Crippen LogP contribution in [0, 0.1) is 0 Å². The van der Waals surface area contributed by atoms with Gasteiger partial charge in [0.15, 0.2) is 5.13 Å². The predicted octanol–water partition coefficient (Wildman–Crippen LogP) is 5.40. The number of anilines is 1. The van der Waals surface area contributed by atoms with Gasteiger partial charge in [0, 0.05) is 17.2 Å². The van der Waals surface area contributed by atoms with Crippen molar-refractivity contribution in [3.8, 4) is 5.75 Å². The first-order valence-electron chi connectivity index (χ1n) is 9.19. The Balaban J connectivity index is 1.67. The molecule has 0 aliphatic rings. The molecular weight excluding hydrogens is 402 g/mol. The molecule has 0 N–H and O–H groups in total.